The fourth-order valence-corrected chi connectivity index (χ4v) is 3.12. The summed E-state index contributed by atoms with van der Waals surface area (Å²) in [5.41, 5.74) is 1.86. The summed E-state index contributed by atoms with van der Waals surface area (Å²) in [5.74, 6) is -0.388. The monoisotopic (exact) mass is 347 g/mol. The Labute approximate surface area is 142 Å². The maximum absolute atomic E-state index is 11.7. The van der Waals surface area contributed by atoms with Gasteiger partial charge in [0.05, 0.1) is 12.3 Å². The third kappa shape index (κ3) is 3.97. The summed E-state index contributed by atoms with van der Waals surface area (Å²) >= 11 is 7.54. The van der Waals surface area contributed by atoms with E-state index in [1.165, 1.54) is 23.0 Å². The van der Waals surface area contributed by atoms with Gasteiger partial charge in [-0.2, -0.15) is 0 Å². The molecule has 0 fully saturated rings. The van der Waals surface area contributed by atoms with E-state index >= 15 is 0 Å². The van der Waals surface area contributed by atoms with Crippen LogP contribution in [0.25, 0.3) is 11.0 Å². The molecule has 0 bridgehead atoms. The molecule has 0 aromatic carbocycles. The van der Waals surface area contributed by atoms with E-state index in [4.69, 9.17) is 16.3 Å². The zero-order chi connectivity index (χ0) is 16.1. The summed E-state index contributed by atoms with van der Waals surface area (Å²) < 4.78 is 7.02. The van der Waals surface area contributed by atoms with Crippen molar-refractivity contribution in [1.29, 1.82) is 0 Å². The Hall–Kier alpha value is -2.18. The SMILES string of the molecule is O=C(/C=C/c1c(Cl)nc2sccn12)OCCCc1ccncc1. The number of imidazole rings is 1. The van der Waals surface area contributed by atoms with Crippen LogP contribution in [0, 0.1) is 0 Å². The number of aryl methyl sites for hydroxylation is 1. The van der Waals surface area contributed by atoms with Crippen molar-refractivity contribution in [2.75, 3.05) is 6.61 Å². The van der Waals surface area contributed by atoms with E-state index in [0.717, 1.165) is 17.8 Å². The third-order valence-electron chi connectivity index (χ3n) is 3.23. The van der Waals surface area contributed by atoms with Crippen molar-refractivity contribution in [1.82, 2.24) is 14.4 Å². The molecular weight excluding hydrogens is 334 g/mol. The highest BCUT2D eigenvalue weighted by molar-refractivity contribution is 7.15. The maximum atomic E-state index is 11.7. The summed E-state index contributed by atoms with van der Waals surface area (Å²) in [6.45, 7) is 0.374. The Morgan fingerprint density at radius 2 is 2.22 bits per heavy atom. The summed E-state index contributed by atoms with van der Waals surface area (Å²) in [7, 11) is 0. The standard InChI is InChI=1S/C16H14ClN3O2S/c17-15-13(20-9-11-23-16(20)19-15)3-4-14(21)22-10-1-2-12-5-7-18-8-6-12/h3-9,11H,1-2,10H2/b4-3+. The van der Waals surface area contributed by atoms with Crippen LogP contribution in [0.1, 0.15) is 17.7 Å². The number of fused-ring (bicyclic) bond motifs is 1. The number of nitrogens with zero attached hydrogens (tertiary/aromatic N) is 3. The van der Waals surface area contributed by atoms with Gasteiger partial charge in [0.25, 0.3) is 0 Å². The molecule has 3 aromatic rings. The Morgan fingerprint density at radius 1 is 1.39 bits per heavy atom. The molecule has 0 amide bonds. The molecular formula is C16H14ClN3O2S. The number of halogens is 1. The van der Waals surface area contributed by atoms with Gasteiger partial charge in [0, 0.05) is 30.0 Å². The number of pyridine rings is 1. The number of aromatic nitrogens is 3. The van der Waals surface area contributed by atoms with Gasteiger partial charge in [-0.1, -0.05) is 11.6 Å². The number of carbonyl (C=O) groups is 1. The molecule has 0 saturated carbocycles. The largest absolute Gasteiger partial charge is 0.463 e. The number of hydrogen-bond acceptors (Lipinski definition) is 5. The first-order valence-electron chi connectivity index (χ1n) is 7.09. The first-order valence-corrected chi connectivity index (χ1v) is 8.34. The Bertz CT molecular complexity index is 826. The van der Waals surface area contributed by atoms with Crippen molar-refractivity contribution >= 4 is 39.9 Å². The van der Waals surface area contributed by atoms with Crippen LogP contribution in [0.2, 0.25) is 5.15 Å². The predicted octanol–water partition coefficient (Wildman–Crippen LogP) is 3.63. The molecule has 5 nitrogen and oxygen atoms in total. The van der Waals surface area contributed by atoms with E-state index in [-0.39, 0.29) is 5.97 Å². The van der Waals surface area contributed by atoms with Crippen LogP contribution in [0.4, 0.5) is 0 Å². The lowest BCUT2D eigenvalue weighted by Gasteiger charge is -2.02. The van der Waals surface area contributed by atoms with Crippen LogP contribution in [-0.4, -0.2) is 26.9 Å². The molecule has 3 rings (SSSR count). The zero-order valence-electron chi connectivity index (χ0n) is 12.2. The zero-order valence-corrected chi connectivity index (χ0v) is 13.8. The molecule has 0 saturated heterocycles. The summed E-state index contributed by atoms with van der Waals surface area (Å²) in [6, 6.07) is 3.91. The first kappa shape index (κ1) is 15.7. The number of esters is 1. The van der Waals surface area contributed by atoms with Gasteiger partial charge in [-0.25, -0.2) is 9.78 Å². The first-order chi connectivity index (χ1) is 11.2. The lowest BCUT2D eigenvalue weighted by atomic mass is 10.1. The van der Waals surface area contributed by atoms with Crippen LogP contribution < -0.4 is 0 Å². The van der Waals surface area contributed by atoms with E-state index in [1.807, 2.05) is 28.1 Å². The van der Waals surface area contributed by atoms with Gasteiger partial charge < -0.3 is 4.74 Å². The van der Waals surface area contributed by atoms with Gasteiger partial charge in [-0.05, 0) is 36.6 Å². The molecule has 0 spiro atoms. The Kier molecular flexibility index (Phi) is 5.05. The van der Waals surface area contributed by atoms with Crippen LogP contribution in [0.3, 0.4) is 0 Å². The quantitative estimate of drug-likeness (QED) is 0.388. The minimum atomic E-state index is -0.388. The molecule has 0 atom stereocenters. The van der Waals surface area contributed by atoms with Crippen molar-refractivity contribution in [2.45, 2.75) is 12.8 Å². The van der Waals surface area contributed by atoms with Gasteiger partial charge >= 0.3 is 5.97 Å². The second-order valence-corrected chi connectivity index (χ2v) is 6.03. The van der Waals surface area contributed by atoms with E-state index < -0.39 is 0 Å². The number of hydrogen-bond donors (Lipinski definition) is 0. The molecule has 0 aliphatic carbocycles. The smallest absolute Gasteiger partial charge is 0.330 e. The van der Waals surface area contributed by atoms with Crippen LogP contribution in [0.15, 0.2) is 42.2 Å². The van der Waals surface area contributed by atoms with E-state index in [1.54, 1.807) is 18.5 Å². The van der Waals surface area contributed by atoms with E-state index in [9.17, 15) is 4.79 Å². The van der Waals surface area contributed by atoms with Crippen LogP contribution in [0.5, 0.6) is 0 Å². The Balaban J connectivity index is 1.49. The lowest BCUT2D eigenvalue weighted by Crippen LogP contribution is -2.03. The Morgan fingerprint density at radius 3 is 3.04 bits per heavy atom. The molecule has 7 heteroatoms. The second-order valence-electron chi connectivity index (χ2n) is 4.80. The minimum absolute atomic E-state index is 0.374. The highest BCUT2D eigenvalue weighted by Gasteiger charge is 2.08. The molecule has 0 N–H and O–H groups in total. The molecule has 3 aromatic heterocycles. The van der Waals surface area contributed by atoms with Crippen molar-refractivity contribution in [3.8, 4) is 0 Å². The van der Waals surface area contributed by atoms with Gasteiger partial charge in [-0.3, -0.25) is 9.38 Å². The van der Waals surface area contributed by atoms with E-state index in [2.05, 4.69) is 9.97 Å². The average molecular weight is 348 g/mol. The molecule has 0 unspecified atom stereocenters. The average Bonchev–Trinajstić information content (AvgIpc) is 3.11. The van der Waals surface area contributed by atoms with E-state index in [0.29, 0.717) is 17.5 Å². The molecule has 118 valence electrons. The number of thiazole rings is 1. The van der Waals surface area contributed by atoms with Crippen molar-refractivity contribution in [3.63, 3.8) is 0 Å². The van der Waals surface area contributed by atoms with Gasteiger partial charge in [-0.15, -0.1) is 11.3 Å². The molecule has 0 radical (unpaired) electrons. The number of carbonyl (C=O) groups excluding carboxylic acids is 1. The summed E-state index contributed by atoms with van der Waals surface area (Å²) in [5, 5.41) is 2.28. The van der Waals surface area contributed by atoms with Crippen molar-refractivity contribution in [3.05, 3.63) is 58.6 Å². The fraction of sp³-hybridized carbons (Fsp3) is 0.188. The lowest BCUT2D eigenvalue weighted by molar-refractivity contribution is -0.137. The fourth-order valence-electron chi connectivity index (χ4n) is 2.12. The van der Waals surface area contributed by atoms with Crippen LogP contribution in [-0.2, 0) is 16.0 Å². The maximum Gasteiger partial charge on any atom is 0.330 e. The number of ether oxygens (including phenoxy) is 1. The van der Waals surface area contributed by atoms with Gasteiger partial charge in [0.15, 0.2) is 10.1 Å². The van der Waals surface area contributed by atoms with Crippen molar-refractivity contribution in [2.24, 2.45) is 0 Å². The topological polar surface area (TPSA) is 56.5 Å². The molecule has 0 aliphatic heterocycles. The molecule has 3 heterocycles. The normalized spacial score (nSPS) is 11.3. The highest BCUT2D eigenvalue weighted by atomic mass is 35.5. The summed E-state index contributed by atoms with van der Waals surface area (Å²) in [6.07, 6.45) is 9.99. The number of rotatable bonds is 6. The minimum Gasteiger partial charge on any atom is -0.463 e. The molecule has 23 heavy (non-hydrogen) atoms. The third-order valence-corrected chi connectivity index (χ3v) is 4.27. The van der Waals surface area contributed by atoms with Gasteiger partial charge in [0.1, 0.15) is 0 Å². The van der Waals surface area contributed by atoms with Crippen LogP contribution >= 0.6 is 22.9 Å². The molecule has 0 aliphatic rings. The predicted molar refractivity (Wildman–Crippen MR) is 90.6 cm³/mol. The van der Waals surface area contributed by atoms with Gasteiger partial charge in [0.2, 0.25) is 0 Å². The highest BCUT2D eigenvalue weighted by Crippen LogP contribution is 2.22. The van der Waals surface area contributed by atoms with Crippen molar-refractivity contribution < 1.29 is 9.53 Å². The summed E-state index contributed by atoms with van der Waals surface area (Å²) in [4.78, 5) is 20.7. The second kappa shape index (κ2) is 7.39.